The van der Waals surface area contributed by atoms with Gasteiger partial charge in [0.15, 0.2) is 0 Å². The Kier molecular flexibility index (Phi) is 24.0. The molecule has 2 rings (SSSR count). The molecule has 1 atom stereocenters. The van der Waals surface area contributed by atoms with Crippen molar-refractivity contribution in [2.45, 2.75) is 91.6 Å². The van der Waals surface area contributed by atoms with Crippen LogP contribution in [0.1, 0.15) is 85.5 Å². The zero-order valence-corrected chi connectivity index (χ0v) is 29.0. The monoisotopic (exact) mass is 762 g/mol. The minimum atomic E-state index is -0.850. The SMILES string of the molecule is C/C([O-])=C/C(C)[O-].CCCCCCO[C]1C=C=C(N[N-]c2ccc(OCCCCCCOC(=O)CC)cc2)C=C1.[Pb]. The van der Waals surface area contributed by atoms with Gasteiger partial charge in [0, 0.05) is 40.3 Å². The molecule has 0 aromatic heterocycles. The van der Waals surface area contributed by atoms with Crippen molar-refractivity contribution in [2.24, 2.45) is 0 Å². The van der Waals surface area contributed by atoms with Crippen molar-refractivity contribution in [3.8, 4) is 5.75 Å². The summed E-state index contributed by atoms with van der Waals surface area (Å²) in [6.07, 6.45) is 16.0. The molecular formula is C32H46N2O6Pb-3. The fourth-order valence-corrected chi connectivity index (χ4v) is 3.40. The van der Waals surface area contributed by atoms with Crippen LogP contribution in [0.4, 0.5) is 5.69 Å². The van der Waals surface area contributed by atoms with Gasteiger partial charge in [-0.1, -0.05) is 64.8 Å². The number of hydrogen-bond acceptors (Lipinski definition) is 7. The van der Waals surface area contributed by atoms with Crippen molar-refractivity contribution in [3.05, 3.63) is 77.3 Å². The maximum atomic E-state index is 11.1. The van der Waals surface area contributed by atoms with E-state index in [1.54, 1.807) is 6.92 Å². The van der Waals surface area contributed by atoms with Crippen LogP contribution in [-0.2, 0) is 14.3 Å². The minimum Gasteiger partial charge on any atom is -0.876 e. The number of carbonyl (C=O) groups is 1. The first kappa shape index (κ1) is 38.7. The van der Waals surface area contributed by atoms with Gasteiger partial charge in [-0.05, 0) is 62.5 Å². The van der Waals surface area contributed by atoms with Crippen LogP contribution >= 0.6 is 0 Å². The molecule has 1 aliphatic carbocycles. The molecule has 0 spiro atoms. The summed E-state index contributed by atoms with van der Waals surface area (Å²) in [5.41, 5.74) is 12.2. The normalized spacial score (nSPS) is 13.3. The van der Waals surface area contributed by atoms with Crippen molar-refractivity contribution in [2.75, 3.05) is 19.8 Å². The van der Waals surface area contributed by atoms with Gasteiger partial charge in [-0.3, -0.25) is 4.79 Å². The first-order valence-electron chi connectivity index (χ1n) is 14.3. The van der Waals surface area contributed by atoms with E-state index < -0.39 is 6.10 Å². The van der Waals surface area contributed by atoms with Crippen LogP contribution in [0.15, 0.2) is 65.8 Å². The van der Waals surface area contributed by atoms with E-state index in [1.807, 2.05) is 42.5 Å². The molecule has 1 N–H and O–H groups in total. The van der Waals surface area contributed by atoms with E-state index in [1.165, 1.54) is 33.1 Å². The molecule has 5 radical (unpaired) electrons. The third-order valence-corrected chi connectivity index (χ3v) is 5.52. The molecule has 0 saturated heterocycles. The van der Waals surface area contributed by atoms with Crippen molar-refractivity contribution < 1.29 is 29.2 Å². The Hall–Kier alpha value is -2.27. The predicted octanol–water partition coefficient (Wildman–Crippen LogP) is 5.44. The summed E-state index contributed by atoms with van der Waals surface area (Å²) in [6, 6.07) is 7.67. The standard InChI is InChI=1S/C27H38N2O4.C5H9O2.Pb/c1-3-5-6-9-20-31-25-16-12-23(13-17-25)28-29-24-14-18-26(19-15-24)32-21-10-7-8-11-22-33-27(30)4-2;1-4(6)3-5(2)7;/h12,14-19,28H,3-11,20-22H2,1-2H3;3-4,7H,1-2H3;/q2*-1;/p-1/b;5-3-;. The molecule has 41 heavy (non-hydrogen) atoms. The van der Waals surface area contributed by atoms with E-state index >= 15 is 0 Å². The first-order chi connectivity index (χ1) is 19.3. The Labute approximate surface area is 267 Å². The predicted molar refractivity (Wildman–Crippen MR) is 161 cm³/mol. The van der Waals surface area contributed by atoms with Gasteiger partial charge >= 0.3 is 5.97 Å². The van der Waals surface area contributed by atoms with Crippen LogP contribution in [0.3, 0.4) is 0 Å². The van der Waals surface area contributed by atoms with Crippen LogP contribution in [0, 0.1) is 6.10 Å². The van der Waals surface area contributed by atoms with E-state index in [0.29, 0.717) is 19.6 Å². The van der Waals surface area contributed by atoms with E-state index in [9.17, 15) is 15.0 Å². The second-order valence-corrected chi connectivity index (χ2v) is 9.38. The number of nitrogens with one attached hydrogen (secondary N) is 1. The topological polar surface area (TPSA) is 117 Å². The average molecular weight is 762 g/mol. The van der Waals surface area contributed by atoms with E-state index in [0.717, 1.165) is 68.0 Å². The molecule has 1 unspecified atom stereocenters. The van der Waals surface area contributed by atoms with E-state index in [4.69, 9.17) is 14.2 Å². The quantitative estimate of drug-likeness (QED) is 0.0499. The van der Waals surface area contributed by atoms with Gasteiger partial charge in [-0.25, -0.2) is 0 Å². The number of allylic oxidation sites excluding steroid dienone is 1. The zero-order chi connectivity index (χ0) is 29.4. The smallest absolute Gasteiger partial charge is 0.305 e. The molecule has 0 fully saturated rings. The van der Waals surface area contributed by atoms with Gasteiger partial charge in [0.05, 0.1) is 18.9 Å². The number of rotatable bonds is 19. The maximum Gasteiger partial charge on any atom is 0.305 e. The third-order valence-electron chi connectivity index (χ3n) is 5.52. The molecular weight excluding hydrogens is 716 g/mol. The molecule has 1 aromatic rings. The Morgan fingerprint density at radius 1 is 0.976 bits per heavy atom. The van der Waals surface area contributed by atoms with E-state index in [2.05, 4.69) is 23.5 Å². The number of nitrogens with zero attached hydrogens (tertiary/aromatic N) is 1. The van der Waals surface area contributed by atoms with Gasteiger partial charge in [-0.2, -0.15) is 0 Å². The average Bonchev–Trinajstić information content (AvgIpc) is 2.94. The fraction of sp³-hybridized carbons (Fsp3) is 0.531. The summed E-state index contributed by atoms with van der Waals surface area (Å²) in [7, 11) is 0. The Balaban J connectivity index is 0.00000177. The van der Waals surface area contributed by atoms with Crippen LogP contribution < -0.4 is 20.4 Å². The summed E-state index contributed by atoms with van der Waals surface area (Å²) in [5.74, 6) is 0.554. The molecule has 0 heterocycles. The zero-order valence-electron chi connectivity index (χ0n) is 25.1. The molecule has 0 aliphatic heterocycles. The van der Waals surface area contributed by atoms with Crippen LogP contribution in [0.2, 0.25) is 0 Å². The number of ether oxygens (including phenoxy) is 3. The molecule has 0 bridgehead atoms. The first-order valence-corrected chi connectivity index (χ1v) is 14.3. The molecule has 8 nitrogen and oxygen atoms in total. The fourth-order valence-electron chi connectivity index (χ4n) is 3.40. The number of esters is 1. The van der Waals surface area contributed by atoms with Gasteiger partial charge in [0.1, 0.15) is 11.9 Å². The van der Waals surface area contributed by atoms with Gasteiger partial charge < -0.3 is 35.3 Å². The van der Waals surface area contributed by atoms with E-state index in [-0.39, 0.29) is 39.0 Å². The van der Waals surface area contributed by atoms with Crippen molar-refractivity contribution in [1.82, 2.24) is 5.43 Å². The Morgan fingerprint density at radius 3 is 2.15 bits per heavy atom. The summed E-state index contributed by atoms with van der Waals surface area (Å²) in [6.45, 7) is 8.75. The Bertz CT molecular complexity index is 936. The third kappa shape index (κ3) is 22.1. The van der Waals surface area contributed by atoms with Crippen LogP contribution in [0.25, 0.3) is 5.43 Å². The van der Waals surface area contributed by atoms with Crippen molar-refractivity contribution in [3.63, 3.8) is 0 Å². The molecule has 1 aliphatic rings. The van der Waals surface area contributed by atoms with Gasteiger partial charge in [0.2, 0.25) is 0 Å². The largest absolute Gasteiger partial charge is 0.876 e. The van der Waals surface area contributed by atoms with Gasteiger partial charge in [0.25, 0.3) is 0 Å². The maximum absolute atomic E-state index is 11.1. The summed E-state index contributed by atoms with van der Waals surface area (Å²) < 4.78 is 16.6. The summed E-state index contributed by atoms with van der Waals surface area (Å²) >= 11 is 0. The van der Waals surface area contributed by atoms with Crippen molar-refractivity contribution >= 4 is 39.0 Å². The van der Waals surface area contributed by atoms with Crippen molar-refractivity contribution in [1.29, 1.82) is 0 Å². The van der Waals surface area contributed by atoms with Crippen LogP contribution in [0.5, 0.6) is 5.75 Å². The summed E-state index contributed by atoms with van der Waals surface area (Å²) in [5, 5.41) is 20.1. The number of carbonyl (C=O) groups excluding carboxylic acids is 1. The molecule has 0 saturated carbocycles. The molecule has 9 heteroatoms. The molecule has 227 valence electrons. The molecule has 1 aromatic carbocycles. The Morgan fingerprint density at radius 2 is 1.61 bits per heavy atom. The van der Waals surface area contributed by atoms with Crippen LogP contribution in [-0.4, -0.2) is 59.2 Å². The number of benzene rings is 1. The molecule has 0 amide bonds. The minimum absolute atomic E-state index is 0. The summed E-state index contributed by atoms with van der Waals surface area (Å²) in [4.78, 5) is 11.1. The number of unbranched alkanes of at least 4 members (excludes halogenated alkanes) is 6. The second-order valence-electron chi connectivity index (χ2n) is 9.38. The van der Waals surface area contributed by atoms with Gasteiger partial charge in [-0.15, -0.1) is 23.6 Å². The number of hydrogen-bond donors (Lipinski definition) is 1. The second kappa shape index (κ2) is 25.4.